The van der Waals surface area contributed by atoms with E-state index in [4.69, 9.17) is 4.74 Å². The van der Waals surface area contributed by atoms with Gasteiger partial charge in [0.05, 0.1) is 12.7 Å². The number of hydrogen-bond acceptors (Lipinski definition) is 6. The quantitative estimate of drug-likeness (QED) is 0.424. The summed E-state index contributed by atoms with van der Waals surface area (Å²) >= 11 is 0. The highest BCUT2D eigenvalue weighted by Gasteiger charge is 2.10. The zero-order valence-electron chi connectivity index (χ0n) is 17.5. The molecular weight excluding hydrogens is 402 g/mol. The molecule has 0 radical (unpaired) electrons. The number of nitrogens with one attached hydrogen (secondary N) is 1. The summed E-state index contributed by atoms with van der Waals surface area (Å²) in [5.41, 5.74) is 6.19. The fourth-order valence-electron chi connectivity index (χ4n) is 3.46. The predicted molar refractivity (Wildman–Crippen MR) is 120 cm³/mol. The summed E-state index contributed by atoms with van der Waals surface area (Å²) < 4.78 is 7.60. The van der Waals surface area contributed by atoms with Crippen LogP contribution in [0.5, 0.6) is 5.75 Å². The minimum Gasteiger partial charge on any atom is -0.487 e. The number of H-pyrrole nitrogens is 1. The number of aryl methyl sites for hydroxylation is 1. The van der Waals surface area contributed by atoms with Gasteiger partial charge in [0.15, 0.2) is 0 Å². The number of tetrazole rings is 1. The second kappa shape index (κ2) is 8.81. The van der Waals surface area contributed by atoms with Crippen LogP contribution < -0.4 is 4.74 Å². The van der Waals surface area contributed by atoms with Crippen LogP contribution in [0, 0.1) is 6.92 Å². The van der Waals surface area contributed by atoms with Crippen LogP contribution in [0.15, 0.2) is 79.0 Å². The summed E-state index contributed by atoms with van der Waals surface area (Å²) in [6, 6.07) is 24.3. The van der Waals surface area contributed by atoms with Crippen molar-refractivity contribution >= 4 is 0 Å². The van der Waals surface area contributed by atoms with Crippen LogP contribution in [-0.4, -0.2) is 35.6 Å². The fourth-order valence-corrected chi connectivity index (χ4v) is 3.46. The normalized spacial score (nSPS) is 10.9. The van der Waals surface area contributed by atoms with Crippen molar-refractivity contribution in [3.05, 3.63) is 95.8 Å². The maximum atomic E-state index is 5.78. The fraction of sp³-hybridized carbons (Fsp3) is 0.125. The second-order valence-electron chi connectivity index (χ2n) is 7.49. The van der Waals surface area contributed by atoms with Gasteiger partial charge in [0.1, 0.15) is 18.1 Å². The number of hydrogen-bond donors (Lipinski definition) is 1. The molecule has 0 saturated heterocycles. The highest BCUT2D eigenvalue weighted by Crippen LogP contribution is 2.29. The highest BCUT2D eigenvalue weighted by atomic mass is 16.5. The minimum absolute atomic E-state index is 0.384. The van der Waals surface area contributed by atoms with Gasteiger partial charge in [0, 0.05) is 5.56 Å². The third kappa shape index (κ3) is 4.39. The standard InChI is InChI=1S/C24H21N7O/c1-17-6-12-21(13-7-17)32-16-20-15-31(30-25-20)14-18-8-10-19(11-9-18)22-4-2-3-5-23(22)24-26-28-29-27-24/h2-13,15H,14,16H2,1H3,(H,26,27,28,29). The zero-order valence-corrected chi connectivity index (χ0v) is 17.5. The van der Waals surface area contributed by atoms with Gasteiger partial charge in [-0.25, -0.2) is 4.68 Å². The molecule has 0 aliphatic carbocycles. The topological polar surface area (TPSA) is 94.4 Å². The number of benzene rings is 3. The Morgan fingerprint density at radius 2 is 1.66 bits per heavy atom. The lowest BCUT2D eigenvalue weighted by Crippen LogP contribution is -2.00. The van der Waals surface area contributed by atoms with Gasteiger partial charge >= 0.3 is 0 Å². The van der Waals surface area contributed by atoms with Crippen molar-refractivity contribution in [1.29, 1.82) is 0 Å². The van der Waals surface area contributed by atoms with Gasteiger partial charge < -0.3 is 4.74 Å². The van der Waals surface area contributed by atoms with Crippen molar-refractivity contribution < 1.29 is 4.74 Å². The largest absolute Gasteiger partial charge is 0.487 e. The Kier molecular flexibility index (Phi) is 5.40. The molecule has 0 fully saturated rings. The Bertz CT molecular complexity index is 1290. The second-order valence-corrected chi connectivity index (χ2v) is 7.49. The van der Waals surface area contributed by atoms with Gasteiger partial charge in [0.25, 0.3) is 0 Å². The van der Waals surface area contributed by atoms with Crippen molar-refractivity contribution in [3.63, 3.8) is 0 Å². The van der Waals surface area contributed by atoms with Crippen molar-refractivity contribution in [2.24, 2.45) is 0 Å². The van der Waals surface area contributed by atoms with E-state index in [1.807, 2.05) is 53.3 Å². The Labute approximate surface area is 184 Å². The van der Waals surface area contributed by atoms with Gasteiger partial charge in [-0.05, 0) is 41.0 Å². The molecule has 0 aliphatic heterocycles. The third-order valence-corrected chi connectivity index (χ3v) is 5.12. The molecule has 0 bridgehead atoms. The zero-order chi connectivity index (χ0) is 21.8. The van der Waals surface area contributed by atoms with E-state index in [0.29, 0.717) is 19.0 Å². The van der Waals surface area contributed by atoms with Crippen molar-refractivity contribution in [3.8, 4) is 28.3 Å². The first-order chi connectivity index (χ1) is 15.7. The van der Waals surface area contributed by atoms with E-state index >= 15 is 0 Å². The van der Waals surface area contributed by atoms with Crippen LogP contribution in [0.3, 0.4) is 0 Å². The van der Waals surface area contributed by atoms with Gasteiger partial charge in [-0.3, -0.25) is 0 Å². The van der Waals surface area contributed by atoms with Crippen LogP contribution in [0.2, 0.25) is 0 Å². The van der Waals surface area contributed by atoms with E-state index in [1.165, 1.54) is 5.56 Å². The molecule has 0 saturated carbocycles. The van der Waals surface area contributed by atoms with E-state index in [2.05, 4.69) is 68.2 Å². The lowest BCUT2D eigenvalue weighted by atomic mass is 9.98. The lowest BCUT2D eigenvalue weighted by molar-refractivity contribution is 0.301. The van der Waals surface area contributed by atoms with Gasteiger partial charge in [-0.15, -0.1) is 15.3 Å². The Morgan fingerprint density at radius 3 is 2.41 bits per heavy atom. The molecule has 0 aliphatic rings. The van der Waals surface area contributed by atoms with E-state index in [-0.39, 0.29) is 0 Å². The molecule has 0 spiro atoms. The van der Waals surface area contributed by atoms with Crippen LogP contribution in [0.1, 0.15) is 16.8 Å². The van der Waals surface area contributed by atoms with Crippen molar-refractivity contribution in [1.82, 2.24) is 35.6 Å². The molecule has 5 rings (SSSR count). The van der Waals surface area contributed by atoms with Gasteiger partial charge in [0.2, 0.25) is 5.82 Å². The Morgan fingerprint density at radius 1 is 0.875 bits per heavy atom. The molecule has 3 aromatic carbocycles. The third-order valence-electron chi connectivity index (χ3n) is 5.12. The number of ether oxygens (including phenoxy) is 1. The SMILES string of the molecule is Cc1ccc(OCc2cn(Cc3ccc(-c4ccccc4-c4nn[nH]n4)cc3)nn2)cc1. The predicted octanol–water partition coefficient (Wildman–Crippen LogP) is 4.06. The van der Waals surface area contributed by atoms with E-state index in [1.54, 1.807) is 0 Å². The first-order valence-electron chi connectivity index (χ1n) is 10.3. The average molecular weight is 423 g/mol. The minimum atomic E-state index is 0.384. The number of rotatable bonds is 7. The molecule has 32 heavy (non-hydrogen) atoms. The summed E-state index contributed by atoms with van der Waals surface area (Å²) in [5.74, 6) is 1.40. The molecule has 2 aromatic heterocycles. The van der Waals surface area contributed by atoms with Crippen LogP contribution in [0.25, 0.3) is 22.5 Å². The van der Waals surface area contributed by atoms with Gasteiger partial charge in [-0.2, -0.15) is 5.21 Å². The van der Waals surface area contributed by atoms with E-state index < -0.39 is 0 Å². The first kappa shape index (κ1) is 19.6. The summed E-state index contributed by atoms with van der Waals surface area (Å²) in [6.07, 6.45) is 1.91. The summed E-state index contributed by atoms with van der Waals surface area (Å²) in [4.78, 5) is 0. The monoisotopic (exact) mass is 423 g/mol. The first-order valence-corrected chi connectivity index (χ1v) is 10.3. The molecule has 0 atom stereocenters. The van der Waals surface area contributed by atoms with Crippen molar-refractivity contribution in [2.75, 3.05) is 0 Å². The van der Waals surface area contributed by atoms with Crippen LogP contribution >= 0.6 is 0 Å². The molecule has 8 heteroatoms. The Hall–Kier alpha value is -4.33. The van der Waals surface area contributed by atoms with Crippen LogP contribution in [-0.2, 0) is 13.2 Å². The molecule has 8 nitrogen and oxygen atoms in total. The molecule has 158 valence electrons. The molecular formula is C24H21N7O. The van der Waals surface area contributed by atoms with Crippen LogP contribution in [0.4, 0.5) is 0 Å². The maximum Gasteiger partial charge on any atom is 0.205 e. The number of aromatic amines is 1. The summed E-state index contributed by atoms with van der Waals surface area (Å²) in [6.45, 7) is 3.06. The summed E-state index contributed by atoms with van der Waals surface area (Å²) in [5, 5.41) is 22.8. The summed E-state index contributed by atoms with van der Waals surface area (Å²) in [7, 11) is 0. The Balaban J connectivity index is 1.26. The molecule has 2 heterocycles. The van der Waals surface area contributed by atoms with E-state index in [9.17, 15) is 0 Å². The number of nitrogens with zero attached hydrogens (tertiary/aromatic N) is 6. The molecule has 1 N–H and O–H groups in total. The molecule has 0 amide bonds. The lowest BCUT2D eigenvalue weighted by Gasteiger charge is -2.08. The highest BCUT2D eigenvalue weighted by molar-refractivity contribution is 5.80. The average Bonchev–Trinajstić information content (AvgIpc) is 3.52. The maximum absolute atomic E-state index is 5.78. The molecule has 5 aromatic rings. The molecule has 0 unspecified atom stereocenters. The van der Waals surface area contributed by atoms with Gasteiger partial charge in [-0.1, -0.05) is 71.4 Å². The smallest absolute Gasteiger partial charge is 0.205 e. The van der Waals surface area contributed by atoms with E-state index in [0.717, 1.165) is 33.7 Å². The van der Waals surface area contributed by atoms with Crippen molar-refractivity contribution in [2.45, 2.75) is 20.1 Å². The number of aromatic nitrogens is 7.